The second-order valence-electron chi connectivity index (χ2n) is 18.5. The van der Waals surface area contributed by atoms with Crippen molar-refractivity contribution in [3.8, 4) is 0 Å². The summed E-state index contributed by atoms with van der Waals surface area (Å²) < 4.78 is 6.58. The zero-order valence-corrected chi connectivity index (χ0v) is 30.2. The molecule has 5 aliphatic rings. The molecule has 0 bridgehead atoms. The van der Waals surface area contributed by atoms with Crippen LogP contribution >= 0.6 is 0 Å². The first kappa shape index (κ1) is 32.0. The van der Waals surface area contributed by atoms with Crippen LogP contribution < -0.4 is 0 Å². The van der Waals surface area contributed by atoms with Crippen molar-refractivity contribution in [1.82, 2.24) is 0 Å². The highest BCUT2D eigenvalue weighted by atomic mass is 16.5. The van der Waals surface area contributed by atoms with E-state index >= 15 is 0 Å². The fourth-order valence-corrected chi connectivity index (χ4v) is 13.3. The maximum atomic E-state index is 6.58. The molecule has 7 rings (SSSR count). The second kappa shape index (κ2) is 12.1. The van der Waals surface area contributed by atoms with Crippen LogP contribution in [-0.4, -0.2) is 13.2 Å². The van der Waals surface area contributed by atoms with Gasteiger partial charge in [-0.05, 0) is 147 Å². The largest absolute Gasteiger partial charge is 0.381 e. The minimum Gasteiger partial charge on any atom is -0.381 e. The molecule has 14 unspecified atom stereocenters. The molecule has 5 aliphatic carbocycles. The van der Waals surface area contributed by atoms with Gasteiger partial charge < -0.3 is 4.74 Å². The second-order valence-corrected chi connectivity index (χ2v) is 18.5. The summed E-state index contributed by atoms with van der Waals surface area (Å²) in [4.78, 5) is 0. The van der Waals surface area contributed by atoms with E-state index in [1.165, 1.54) is 68.1 Å². The Kier molecular flexibility index (Phi) is 8.62. The van der Waals surface area contributed by atoms with Gasteiger partial charge in [-0.25, -0.2) is 0 Å². The monoisotopic (exact) mass is 608 g/mol. The van der Waals surface area contributed by atoms with Gasteiger partial charge in [0.1, 0.15) is 0 Å². The Morgan fingerprint density at radius 1 is 0.667 bits per heavy atom. The van der Waals surface area contributed by atoms with Crippen molar-refractivity contribution in [2.45, 2.75) is 125 Å². The highest BCUT2D eigenvalue weighted by Crippen LogP contribution is 2.65. The summed E-state index contributed by atoms with van der Waals surface area (Å²) in [5.41, 5.74) is 7.77. The SMILES string of the molecule is COC1C(c2cc(C)cc(C)c2)C2CC(C)C(CC3C(C)CC4C3CC3CCCC3C4c3cccc(C)c3)C2CC1C(C)(C)C. The summed E-state index contributed by atoms with van der Waals surface area (Å²) in [7, 11) is 2.01. The quantitative estimate of drug-likeness (QED) is 0.328. The molecule has 45 heavy (non-hydrogen) atoms. The van der Waals surface area contributed by atoms with E-state index in [2.05, 4.69) is 97.9 Å². The van der Waals surface area contributed by atoms with Gasteiger partial charge in [0.25, 0.3) is 0 Å². The highest BCUT2D eigenvalue weighted by molar-refractivity contribution is 5.34. The lowest BCUT2D eigenvalue weighted by molar-refractivity contribution is -0.0760. The Hall–Kier alpha value is -1.60. The molecule has 5 saturated carbocycles. The summed E-state index contributed by atoms with van der Waals surface area (Å²) in [6.45, 7) is 19.7. The van der Waals surface area contributed by atoms with Gasteiger partial charge >= 0.3 is 0 Å². The average molecular weight is 609 g/mol. The third-order valence-electron chi connectivity index (χ3n) is 14.9. The molecule has 0 aromatic heterocycles. The Bertz CT molecular complexity index is 1330. The van der Waals surface area contributed by atoms with E-state index < -0.39 is 0 Å². The first-order valence-electron chi connectivity index (χ1n) is 19.1. The van der Waals surface area contributed by atoms with Crippen LogP contribution in [0.4, 0.5) is 0 Å². The summed E-state index contributed by atoms with van der Waals surface area (Å²) in [6, 6.07) is 17.1. The molecule has 1 nitrogen and oxygen atoms in total. The van der Waals surface area contributed by atoms with Crippen LogP contribution in [0.25, 0.3) is 0 Å². The van der Waals surface area contributed by atoms with E-state index in [-0.39, 0.29) is 5.41 Å². The Labute approximate surface area is 276 Å². The van der Waals surface area contributed by atoms with Gasteiger partial charge in [-0.2, -0.15) is 0 Å². The Morgan fingerprint density at radius 3 is 1.91 bits per heavy atom. The minimum atomic E-state index is 0.243. The van der Waals surface area contributed by atoms with E-state index in [1.807, 2.05) is 7.11 Å². The van der Waals surface area contributed by atoms with Crippen LogP contribution in [0, 0.1) is 91.3 Å². The summed E-state index contributed by atoms with van der Waals surface area (Å²) in [6.07, 6.45) is 12.0. The first-order valence-corrected chi connectivity index (χ1v) is 19.1. The molecular weight excluding hydrogens is 544 g/mol. The molecule has 0 heterocycles. The molecule has 246 valence electrons. The number of rotatable bonds is 5. The number of methoxy groups -OCH3 is 1. The van der Waals surface area contributed by atoms with E-state index in [1.54, 1.807) is 11.1 Å². The van der Waals surface area contributed by atoms with E-state index in [4.69, 9.17) is 4.74 Å². The third kappa shape index (κ3) is 5.68. The zero-order chi connectivity index (χ0) is 31.8. The molecule has 2 aromatic rings. The van der Waals surface area contributed by atoms with Crippen LogP contribution in [-0.2, 0) is 4.74 Å². The van der Waals surface area contributed by atoms with E-state index in [0.29, 0.717) is 17.9 Å². The van der Waals surface area contributed by atoms with Crippen molar-refractivity contribution in [1.29, 1.82) is 0 Å². The van der Waals surface area contributed by atoms with Gasteiger partial charge in [0, 0.05) is 13.0 Å². The average Bonchev–Trinajstić information content (AvgIpc) is 3.65. The fourth-order valence-electron chi connectivity index (χ4n) is 13.3. The Balaban J connectivity index is 1.21. The van der Waals surface area contributed by atoms with Crippen LogP contribution in [0.5, 0.6) is 0 Å². The first-order chi connectivity index (χ1) is 21.4. The van der Waals surface area contributed by atoms with Crippen molar-refractivity contribution in [3.63, 3.8) is 0 Å². The summed E-state index contributed by atoms with van der Waals surface area (Å²) >= 11 is 0. The lowest BCUT2D eigenvalue weighted by Gasteiger charge is -2.51. The number of benzene rings is 2. The predicted octanol–water partition coefficient (Wildman–Crippen LogP) is 11.5. The molecule has 0 N–H and O–H groups in total. The minimum absolute atomic E-state index is 0.243. The van der Waals surface area contributed by atoms with Gasteiger partial charge in [-0.1, -0.05) is 107 Å². The zero-order valence-electron chi connectivity index (χ0n) is 30.2. The van der Waals surface area contributed by atoms with Crippen LogP contribution in [0.1, 0.15) is 126 Å². The standard InChI is InChI=1S/C44H64O/c1-25-12-10-14-31(17-25)41-33-15-11-13-30(33)22-36-34(28(4)20-38(36)41)23-35-29(5)21-39-37(35)24-40(44(6,7)8)43(45-9)42(39)32-18-26(2)16-27(3)19-32/h10,12,14,16-19,28-30,33-43H,11,13,15,20-24H2,1-9H3. The van der Waals surface area contributed by atoms with Gasteiger partial charge in [-0.3, -0.25) is 0 Å². The van der Waals surface area contributed by atoms with E-state index in [9.17, 15) is 0 Å². The van der Waals surface area contributed by atoms with E-state index in [0.717, 1.165) is 65.1 Å². The molecule has 0 spiro atoms. The van der Waals surface area contributed by atoms with Crippen molar-refractivity contribution in [2.24, 2.45) is 70.5 Å². The molecule has 5 fully saturated rings. The van der Waals surface area contributed by atoms with Crippen LogP contribution in [0.2, 0.25) is 0 Å². The number of ether oxygens (including phenoxy) is 1. The lowest BCUT2D eigenvalue weighted by Crippen LogP contribution is -2.47. The molecule has 2 aromatic carbocycles. The fraction of sp³-hybridized carbons (Fsp3) is 0.727. The molecule has 0 saturated heterocycles. The topological polar surface area (TPSA) is 9.23 Å². The van der Waals surface area contributed by atoms with Crippen LogP contribution in [0.15, 0.2) is 42.5 Å². The number of fused-ring (bicyclic) bond motifs is 3. The van der Waals surface area contributed by atoms with Crippen molar-refractivity contribution >= 4 is 0 Å². The smallest absolute Gasteiger partial charge is 0.0675 e. The molecule has 1 heteroatoms. The summed E-state index contributed by atoms with van der Waals surface area (Å²) in [5, 5.41) is 0. The van der Waals surface area contributed by atoms with Crippen LogP contribution in [0.3, 0.4) is 0 Å². The number of hydrogen-bond donors (Lipinski definition) is 0. The van der Waals surface area contributed by atoms with Crippen molar-refractivity contribution in [2.75, 3.05) is 7.11 Å². The summed E-state index contributed by atoms with van der Waals surface area (Å²) in [5.74, 6) is 10.6. The van der Waals surface area contributed by atoms with Gasteiger partial charge in [0.05, 0.1) is 6.10 Å². The third-order valence-corrected chi connectivity index (χ3v) is 14.9. The highest BCUT2D eigenvalue weighted by Gasteiger charge is 2.58. The normalized spacial score (nSPS) is 42.8. The molecule has 0 amide bonds. The van der Waals surface area contributed by atoms with Gasteiger partial charge in [0.2, 0.25) is 0 Å². The molecule has 0 aliphatic heterocycles. The van der Waals surface area contributed by atoms with Gasteiger partial charge in [-0.15, -0.1) is 0 Å². The van der Waals surface area contributed by atoms with Gasteiger partial charge in [0.15, 0.2) is 0 Å². The predicted molar refractivity (Wildman–Crippen MR) is 190 cm³/mol. The number of hydrogen-bond acceptors (Lipinski definition) is 1. The maximum absolute atomic E-state index is 6.58. The maximum Gasteiger partial charge on any atom is 0.0675 e. The Morgan fingerprint density at radius 2 is 1.29 bits per heavy atom. The molecule has 0 radical (unpaired) electrons. The molecular formula is C44H64O. The van der Waals surface area contributed by atoms with Crippen molar-refractivity contribution < 1.29 is 4.74 Å². The van der Waals surface area contributed by atoms with Crippen molar-refractivity contribution in [3.05, 3.63) is 70.3 Å². The lowest BCUT2D eigenvalue weighted by atomic mass is 9.56. The molecule has 14 atom stereocenters. The number of aryl methyl sites for hydroxylation is 3.